The second-order valence-electron chi connectivity index (χ2n) is 5.51. The number of ether oxygens (including phenoxy) is 2. The Labute approximate surface area is 157 Å². The first-order chi connectivity index (χ1) is 12.4. The van der Waals surface area contributed by atoms with Crippen LogP contribution in [0.1, 0.15) is 27.7 Å². The molecule has 2 atom stereocenters. The Balaban J connectivity index is 0. The lowest BCUT2D eigenvalue weighted by molar-refractivity contribution is -0.190. The smallest absolute Gasteiger partial charge is 0.378 e. The Bertz CT molecular complexity index is 601. The topological polar surface area (TPSA) is 127 Å². The van der Waals surface area contributed by atoms with Gasteiger partial charge in [0.1, 0.15) is 0 Å². The maximum absolute atomic E-state index is 12.7. The molecule has 160 valence electrons. The Kier molecular flexibility index (Phi) is 10.2. The van der Waals surface area contributed by atoms with Gasteiger partial charge in [0.05, 0.1) is 0 Å². The number of rotatable bonds is 8. The highest BCUT2D eigenvalue weighted by Crippen LogP contribution is 2.22. The number of carbonyl (C=O) groups excluding carboxylic acids is 2. The van der Waals surface area contributed by atoms with Crippen LogP contribution in [0, 0.1) is 0 Å². The van der Waals surface area contributed by atoms with Crippen molar-refractivity contribution in [1.82, 2.24) is 0 Å². The van der Waals surface area contributed by atoms with Crippen LogP contribution in [-0.2, 0) is 28.7 Å². The van der Waals surface area contributed by atoms with Crippen LogP contribution < -0.4 is 0 Å². The predicted octanol–water partition coefficient (Wildman–Crippen LogP) is 2.43. The molecule has 0 rings (SSSR count). The molecule has 0 aromatic carbocycles. The molecule has 0 saturated carbocycles. The van der Waals surface area contributed by atoms with E-state index in [-0.39, 0.29) is 11.1 Å². The molecular formula is C16H20F4O8. The van der Waals surface area contributed by atoms with Crippen molar-refractivity contribution in [2.24, 2.45) is 0 Å². The Morgan fingerprint density at radius 1 is 0.750 bits per heavy atom. The lowest BCUT2D eigenvalue weighted by Crippen LogP contribution is -2.42. The van der Waals surface area contributed by atoms with Gasteiger partial charge in [0.2, 0.25) is 0 Å². The summed E-state index contributed by atoms with van der Waals surface area (Å²) in [5.74, 6) is -14.9. The average molecular weight is 416 g/mol. The van der Waals surface area contributed by atoms with E-state index in [1.165, 1.54) is 13.8 Å². The third-order valence-corrected chi connectivity index (χ3v) is 2.86. The van der Waals surface area contributed by atoms with E-state index in [0.29, 0.717) is 0 Å². The standard InChI is InChI=1S/2C8H10F2O4/c2*1-4(2)6(11)14-5(3)8(9,10)7(12)13/h2*5H,1H2,2-3H3,(H,12,13). The highest BCUT2D eigenvalue weighted by molar-refractivity contribution is 5.88. The monoisotopic (exact) mass is 416 g/mol. The van der Waals surface area contributed by atoms with Gasteiger partial charge < -0.3 is 19.7 Å². The summed E-state index contributed by atoms with van der Waals surface area (Å²) in [6.45, 7) is 10.5. The van der Waals surface area contributed by atoms with Gasteiger partial charge in [-0.15, -0.1) is 0 Å². The summed E-state index contributed by atoms with van der Waals surface area (Å²) in [5.41, 5.74) is -0.143. The number of carboxylic acid groups (broad SMARTS) is 2. The molecule has 0 aromatic heterocycles. The van der Waals surface area contributed by atoms with E-state index < -0.39 is 47.9 Å². The molecule has 0 radical (unpaired) electrons. The van der Waals surface area contributed by atoms with Gasteiger partial charge in [-0.2, -0.15) is 17.6 Å². The molecule has 12 heteroatoms. The fourth-order valence-corrected chi connectivity index (χ4v) is 1.02. The number of carbonyl (C=O) groups is 4. The van der Waals surface area contributed by atoms with Crippen LogP contribution in [0.15, 0.2) is 24.3 Å². The zero-order chi connectivity index (χ0) is 23.0. The summed E-state index contributed by atoms with van der Waals surface area (Å²) in [7, 11) is 0. The van der Waals surface area contributed by atoms with Crippen molar-refractivity contribution in [3.05, 3.63) is 24.3 Å². The lowest BCUT2D eigenvalue weighted by Gasteiger charge is -2.19. The van der Waals surface area contributed by atoms with E-state index in [0.717, 1.165) is 13.8 Å². The summed E-state index contributed by atoms with van der Waals surface area (Å²) >= 11 is 0. The van der Waals surface area contributed by atoms with Gasteiger partial charge in [0.25, 0.3) is 0 Å². The summed E-state index contributed by atoms with van der Waals surface area (Å²) in [4.78, 5) is 41.6. The van der Waals surface area contributed by atoms with Crippen molar-refractivity contribution in [3.63, 3.8) is 0 Å². The molecule has 0 aliphatic carbocycles. The zero-order valence-corrected chi connectivity index (χ0v) is 15.4. The lowest BCUT2D eigenvalue weighted by atomic mass is 10.2. The molecule has 0 fully saturated rings. The van der Waals surface area contributed by atoms with Crippen LogP contribution in [-0.4, -0.2) is 58.1 Å². The van der Waals surface area contributed by atoms with Crippen LogP contribution in [0.5, 0.6) is 0 Å². The third kappa shape index (κ3) is 8.18. The van der Waals surface area contributed by atoms with Crippen molar-refractivity contribution < 1.29 is 56.4 Å². The van der Waals surface area contributed by atoms with Gasteiger partial charge in [-0.1, -0.05) is 13.2 Å². The molecule has 0 aromatic rings. The summed E-state index contributed by atoms with van der Waals surface area (Å²) in [5, 5.41) is 16.2. The van der Waals surface area contributed by atoms with Gasteiger partial charge in [0.15, 0.2) is 12.2 Å². The number of alkyl halides is 4. The van der Waals surface area contributed by atoms with Crippen LogP contribution in [0.2, 0.25) is 0 Å². The van der Waals surface area contributed by atoms with E-state index in [9.17, 15) is 36.7 Å². The minimum absolute atomic E-state index is 0.0713. The molecule has 8 nitrogen and oxygen atoms in total. The van der Waals surface area contributed by atoms with E-state index in [2.05, 4.69) is 22.6 Å². The van der Waals surface area contributed by atoms with Crippen molar-refractivity contribution in [1.29, 1.82) is 0 Å². The third-order valence-electron chi connectivity index (χ3n) is 2.86. The highest BCUT2D eigenvalue weighted by atomic mass is 19.3. The molecular weight excluding hydrogens is 396 g/mol. The molecule has 0 aliphatic rings. The maximum atomic E-state index is 12.7. The van der Waals surface area contributed by atoms with Crippen molar-refractivity contribution >= 4 is 23.9 Å². The number of esters is 2. The van der Waals surface area contributed by atoms with Crippen LogP contribution in [0.25, 0.3) is 0 Å². The Morgan fingerprint density at radius 3 is 1.11 bits per heavy atom. The fourth-order valence-electron chi connectivity index (χ4n) is 1.02. The van der Waals surface area contributed by atoms with Crippen molar-refractivity contribution in [3.8, 4) is 0 Å². The number of aliphatic carboxylic acids is 2. The van der Waals surface area contributed by atoms with E-state index in [1.807, 2.05) is 0 Å². The fraction of sp³-hybridized carbons (Fsp3) is 0.500. The minimum Gasteiger partial charge on any atom is -0.477 e. The molecule has 0 spiro atoms. The number of hydrogen-bond donors (Lipinski definition) is 2. The largest absolute Gasteiger partial charge is 0.477 e. The van der Waals surface area contributed by atoms with Crippen molar-refractivity contribution in [2.45, 2.75) is 51.7 Å². The first kappa shape index (κ1) is 27.3. The van der Waals surface area contributed by atoms with Crippen molar-refractivity contribution in [2.75, 3.05) is 0 Å². The molecule has 0 bridgehead atoms. The first-order valence-corrected chi connectivity index (χ1v) is 7.34. The number of halogens is 4. The van der Waals surface area contributed by atoms with Gasteiger partial charge in [-0.25, -0.2) is 19.2 Å². The highest BCUT2D eigenvalue weighted by Gasteiger charge is 2.48. The van der Waals surface area contributed by atoms with Crippen LogP contribution >= 0.6 is 0 Å². The first-order valence-electron chi connectivity index (χ1n) is 7.34. The zero-order valence-electron chi connectivity index (χ0n) is 15.4. The average Bonchev–Trinajstić information content (AvgIpc) is 2.54. The van der Waals surface area contributed by atoms with Gasteiger partial charge >= 0.3 is 35.7 Å². The summed E-state index contributed by atoms with van der Waals surface area (Å²) < 4.78 is 59.0. The molecule has 2 N–H and O–H groups in total. The van der Waals surface area contributed by atoms with Crippen LogP contribution in [0.3, 0.4) is 0 Å². The maximum Gasteiger partial charge on any atom is 0.378 e. The van der Waals surface area contributed by atoms with Gasteiger partial charge in [-0.05, 0) is 27.7 Å². The van der Waals surface area contributed by atoms with Gasteiger partial charge in [-0.3, -0.25) is 0 Å². The second-order valence-corrected chi connectivity index (χ2v) is 5.51. The van der Waals surface area contributed by atoms with E-state index >= 15 is 0 Å². The summed E-state index contributed by atoms with van der Waals surface area (Å²) in [6.07, 6.45) is -4.05. The molecule has 28 heavy (non-hydrogen) atoms. The number of carboxylic acids is 2. The number of hydrogen-bond acceptors (Lipinski definition) is 6. The predicted molar refractivity (Wildman–Crippen MR) is 85.9 cm³/mol. The molecule has 0 amide bonds. The molecule has 0 saturated heterocycles. The van der Waals surface area contributed by atoms with E-state index in [4.69, 9.17) is 10.2 Å². The van der Waals surface area contributed by atoms with Crippen LogP contribution in [0.4, 0.5) is 17.6 Å². The molecule has 2 unspecified atom stereocenters. The van der Waals surface area contributed by atoms with Gasteiger partial charge in [0, 0.05) is 11.1 Å². The normalized spacial score (nSPS) is 13.1. The van der Waals surface area contributed by atoms with E-state index in [1.54, 1.807) is 0 Å². The quantitative estimate of drug-likeness (QED) is 0.351. The SMILES string of the molecule is C=C(C)C(=O)OC(C)C(F)(F)C(=O)O.C=C(C)C(=O)OC(C)C(F)(F)C(=O)O. The molecule has 0 heterocycles. The second kappa shape index (κ2) is 10.4. The summed E-state index contributed by atoms with van der Waals surface area (Å²) in [6, 6.07) is 0. The molecule has 0 aliphatic heterocycles. The Morgan fingerprint density at radius 2 is 0.964 bits per heavy atom. The minimum atomic E-state index is -4.09. The Hall–Kier alpha value is -2.92.